The summed E-state index contributed by atoms with van der Waals surface area (Å²) < 4.78 is 0.880. The van der Waals surface area contributed by atoms with Gasteiger partial charge in [-0.1, -0.05) is 13.8 Å². The Morgan fingerprint density at radius 2 is 1.82 bits per heavy atom. The first-order chi connectivity index (χ1) is 13.3. The van der Waals surface area contributed by atoms with E-state index in [0.717, 1.165) is 55.6 Å². The van der Waals surface area contributed by atoms with E-state index >= 15 is 0 Å². The first kappa shape index (κ1) is 21.2. The van der Waals surface area contributed by atoms with Crippen molar-refractivity contribution >= 4 is 50.6 Å². The molecule has 0 saturated heterocycles. The molecule has 0 fully saturated rings. The topological polar surface area (TPSA) is 85.0 Å². The van der Waals surface area contributed by atoms with Gasteiger partial charge in [-0.3, -0.25) is 9.69 Å². The Morgan fingerprint density at radius 1 is 1.11 bits per heavy atom. The van der Waals surface area contributed by atoms with E-state index in [0.29, 0.717) is 0 Å². The normalized spacial score (nSPS) is 11.6. The summed E-state index contributed by atoms with van der Waals surface area (Å²) in [6.07, 6.45) is 0.229. The summed E-state index contributed by atoms with van der Waals surface area (Å²) in [5, 5.41) is 2.05. The second-order valence-electron chi connectivity index (χ2n) is 6.60. The minimum atomic E-state index is -0.335. The molecule has 0 saturated carbocycles. The number of hydrogen-bond acceptors (Lipinski definition) is 8. The summed E-state index contributed by atoms with van der Waals surface area (Å²) in [6, 6.07) is 0. The molecule has 0 atom stereocenters. The van der Waals surface area contributed by atoms with Crippen LogP contribution in [0.15, 0.2) is 9.37 Å². The number of aromatic nitrogens is 3. The maximum absolute atomic E-state index is 11.3. The Kier molecular flexibility index (Phi) is 6.69. The molecule has 3 rings (SSSR count). The number of carbonyl (C=O) groups excluding carboxylic acids is 1. The Hall–Kier alpha value is -1.55. The summed E-state index contributed by atoms with van der Waals surface area (Å²) in [5.74, 6) is 0.504. The second-order valence-corrected chi connectivity index (χ2v) is 10.1. The van der Waals surface area contributed by atoms with E-state index < -0.39 is 0 Å². The third-order valence-corrected chi connectivity index (χ3v) is 8.00. The van der Waals surface area contributed by atoms with Gasteiger partial charge in [0.2, 0.25) is 5.91 Å². The van der Waals surface area contributed by atoms with Gasteiger partial charge in [-0.15, -0.1) is 22.7 Å². The fourth-order valence-electron chi connectivity index (χ4n) is 2.90. The first-order valence-electron chi connectivity index (χ1n) is 9.23. The number of rotatable bonds is 8. The predicted molar refractivity (Wildman–Crippen MR) is 117 cm³/mol. The van der Waals surface area contributed by atoms with Gasteiger partial charge < -0.3 is 5.73 Å². The SMILES string of the molecule is CCN(CC)Cc1nc(Sc2nc(C)c(CC(N)=O)s2)c2c(C)c(C)sc2n1. The molecule has 0 aliphatic rings. The third kappa shape index (κ3) is 4.53. The Morgan fingerprint density at radius 3 is 2.46 bits per heavy atom. The van der Waals surface area contributed by atoms with Crippen molar-refractivity contribution in [1.29, 1.82) is 0 Å². The number of thiazole rings is 1. The van der Waals surface area contributed by atoms with Gasteiger partial charge in [-0.05, 0) is 51.2 Å². The van der Waals surface area contributed by atoms with Gasteiger partial charge in [0.15, 0.2) is 4.34 Å². The van der Waals surface area contributed by atoms with Crippen LogP contribution in [0.4, 0.5) is 0 Å². The van der Waals surface area contributed by atoms with E-state index in [-0.39, 0.29) is 12.3 Å². The Balaban J connectivity index is 2.02. The van der Waals surface area contributed by atoms with Gasteiger partial charge in [-0.25, -0.2) is 15.0 Å². The highest BCUT2D eigenvalue weighted by atomic mass is 32.2. The first-order valence-corrected chi connectivity index (χ1v) is 11.7. The number of carbonyl (C=O) groups is 1. The number of hydrogen-bond donors (Lipinski definition) is 1. The van der Waals surface area contributed by atoms with E-state index in [1.54, 1.807) is 23.1 Å². The second kappa shape index (κ2) is 8.86. The molecule has 0 aliphatic carbocycles. The molecule has 0 bridgehead atoms. The van der Waals surface area contributed by atoms with Crippen molar-refractivity contribution in [2.75, 3.05) is 13.1 Å². The summed E-state index contributed by atoms with van der Waals surface area (Å²) in [6.45, 7) is 13.1. The quantitative estimate of drug-likeness (QED) is 0.536. The van der Waals surface area contributed by atoms with Crippen molar-refractivity contribution in [2.45, 2.75) is 56.9 Å². The lowest BCUT2D eigenvalue weighted by atomic mass is 10.2. The number of nitrogens with zero attached hydrogens (tertiary/aromatic N) is 4. The summed E-state index contributed by atoms with van der Waals surface area (Å²) in [7, 11) is 0. The van der Waals surface area contributed by atoms with E-state index in [9.17, 15) is 4.79 Å². The van der Waals surface area contributed by atoms with Gasteiger partial charge in [-0.2, -0.15) is 0 Å². The molecule has 3 aromatic rings. The highest BCUT2D eigenvalue weighted by Crippen LogP contribution is 2.40. The van der Waals surface area contributed by atoms with Crippen molar-refractivity contribution in [3.8, 4) is 0 Å². The Labute approximate surface area is 177 Å². The maximum atomic E-state index is 11.3. The van der Waals surface area contributed by atoms with Crippen LogP contribution >= 0.6 is 34.4 Å². The number of amides is 1. The molecular weight excluding hydrogens is 410 g/mol. The highest BCUT2D eigenvalue weighted by molar-refractivity contribution is 8.01. The lowest BCUT2D eigenvalue weighted by Crippen LogP contribution is -2.23. The highest BCUT2D eigenvalue weighted by Gasteiger charge is 2.19. The van der Waals surface area contributed by atoms with E-state index in [1.165, 1.54) is 21.8 Å². The van der Waals surface area contributed by atoms with Gasteiger partial charge in [0.05, 0.1) is 18.7 Å². The lowest BCUT2D eigenvalue weighted by Gasteiger charge is -2.17. The maximum Gasteiger partial charge on any atom is 0.222 e. The van der Waals surface area contributed by atoms with Crippen LogP contribution in [0, 0.1) is 20.8 Å². The van der Waals surface area contributed by atoms with Crippen LogP contribution in [0.3, 0.4) is 0 Å². The molecule has 0 aromatic carbocycles. The average molecular weight is 436 g/mol. The third-order valence-electron chi connectivity index (χ3n) is 4.69. The summed E-state index contributed by atoms with van der Waals surface area (Å²) in [5.41, 5.74) is 7.44. The molecule has 28 heavy (non-hydrogen) atoms. The van der Waals surface area contributed by atoms with Crippen LogP contribution in [-0.2, 0) is 17.8 Å². The van der Waals surface area contributed by atoms with Crippen molar-refractivity contribution in [3.05, 3.63) is 26.8 Å². The number of primary amides is 1. The zero-order valence-electron chi connectivity index (χ0n) is 16.8. The van der Waals surface area contributed by atoms with Crippen molar-refractivity contribution in [3.63, 3.8) is 0 Å². The molecule has 150 valence electrons. The standard InChI is InChI=1S/C19H25N5OS3/c1-6-24(7-2)9-15-22-17-16(10(3)12(5)26-17)18(23-15)28-19-21-11(4)13(27-19)8-14(20)25/h6-9H2,1-5H3,(H2,20,25). The van der Waals surface area contributed by atoms with E-state index in [2.05, 4.69) is 37.6 Å². The van der Waals surface area contributed by atoms with Crippen LogP contribution in [0.1, 0.15) is 40.7 Å². The largest absolute Gasteiger partial charge is 0.369 e. The van der Waals surface area contributed by atoms with Crippen LogP contribution in [0.2, 0.25) is 0 Å². The lowest BCUT2D eigenvalue weighted by molar-refractivity contribution is -0.117. The number of thiophene rings is 1. The summed E-state index contributed by atoms with van der Waals surface area (Å²) >= 11 is 4.79. The molecule has 1 amide bonds. The molecule has 0 unspecified atom stereocenters. The smallest absolute Gasteiger partial charge is 0.222 e. The van der Waals surface area contributed by atoms with Crippen molar-refractivity contribution < 1.29 is 4.79 Å². The average Bonchev–Trinajstić information content (AvgIpc) is 3.11. The molecule has 0 aliphatic heterocycles. The number of nitrogens with two attached hydrogens (primary N) is 1. The van der Waals surface area contributed by atoms with Crippen LogP contribution in [0.25, 0.3) is 10.2 Å². The van der Waals surface area contributed by atoms with Crippen LogP contribution < -0.4 is 5.73 Å². The van der Waals surface area contributed by atoms with Gasteiger partial charge in [0.1, 0.15) is 15.7 Å². The molecule has 2 N–H and O–H groups in total. The molecule has 0 radical (unpaired) electrons. The molecule has 3 heterocycles. The number of aryl methyl sites for hydroxylation is 3. The predicted octanol–water partition coefficient (Wildman–Crippen LogP) is 4.09. The fourth-order valence-corrected chi connectivity index (χ4v) is 6.37. The van der Waals surface area contributed by atoms with Gasteiger partial charge in [0, 0.05) is 15.1 Å². The molecule has 6 nitrogen and oxygen atoms in total. The molecule has 3 aromatic heterocycles. The van der Waals surface area contributed by atoms with Crippen LogP contribution in [-0.4, -0.2) is 38.8 Å². The van der Waals surface area contributed by atoms with Crippen molar-refractivity contribution in [1.82, 2.24) is 19.9 Å². The molecule has 9 heteroatoms. The molecule has 0 spiro atoms. The number of fused-ring (bicyclic) bond motifs is 1. The molecular formula is C19H25N5OS3. The van der Waals surface area contributed by atoms with E-state index in [4.69, 9.17) is 15.7 Å². The van der Waals surface area contributed by atoms with Crippen LogP contribution in [0.5, 0.6) is 0 Å². The van der Waals surface area contributed by atoms with Crippen molar-refractivity contribution in [2.24, 2.45) is 5.73 Å². The summed E-state index contributed by atoms with van der Waals surface area (Å²) in [4.78, 5) is 31.2. The van der Waals surface area contributed by atoms with Gasteiger partial charge in [0.25, 0.3) is 0 Å². The minimum absolute atomic E-state index is 0.229. The minimum Gasteiger partial charge on any atom is -0.369 e. The zero-order chi connectivity index (χ0) is 20.4. The Bertz CT molecular complexity index is 1010. The monoisotopic (exact) mass is 435 g/mol. The fraction of sp³-hybridized carbons (Fsp3) is 0.474. The zero-order valence-corrected chi connectivity index (χ0v) is 19.3. The van der Waals surface area contributed by atoms with Gasteiger partial charge >= 0.3 is 0 Å². The van der Waals surface area contributed by atoms with E-state index in [1.807, 2.05) is 6.92 Å².